The highest BCUT2D eigenvalue weighted by atomic mass is 16.2. The quantitative estimate of drug-likeness (QED) is 0.869. The van der Waals surface area contributed by atoms with E-state index in [9.17, 15) is 14.4 Å². The molecule has 0 saturated carbocycles. The topological polar surface area (TPSA) is 78.5 Å². The van der Waals surface area contributed by atoms with Gasteiger partial charge in [-0.3, -0.25) is 14.4 Å². The molecule has 2 aromatic rings. The number of likely N-dealkylation sites (tertiary alicyclic amines) is 1. The summed E-state index contributed by atoms with van der Waals surface area (Å²) in [5.41, 5.74) is 2.19. The van der Waals surface area contributed by atoms with E-state index in [1.807, 2.05) is 30.3 Å². The monoisotopic (exact) mass is 351 g/mol. The molecule has 0 aromatic heterocycles. The molecule has 1 fully saturated rings. The highest BCUT2D eigenvalue weighted by Crippen LogP contribution is 2.23. The highest BCUT2D eigenvalue weighted by Gasteiger charge is 2.35. The van der Waals surface area contributed by atoms with E-state index in [2.05, 4.69) is 10.6 Å². The predicted molar refractivity (Wildman–Crippen MR) is 99.4 cm³/mol. The highest BCUT2D eigenvalue weighted by molar-refractivity contribution is 5.99. The maximum Gasteiger partial charge on any atom is 0.247 e. The van der Waals surface area contributed by atoms with E-state index in [1.165, 1.54) is 6.92 Å². The van der Waals surface area contributed by atoms with Crippen LogP contribution in [-0.4, -0.2) is 28.7 Å². The molecule has 1 atom stereocenters. The lowest BCUT2D eigenvalue weighted by molar-refractivity contribution is -0.133. The first-order valence-corrected chi connectivity index (χ1v) is 8.55. The summed E-state index contributed by atoms with van der Waals surface area (Å²) in [4.78, 5) is 37.7. The van der Waals surface area contributed by atoms with E-state index in [1.54, 1.807) is 29.2 Å². The van der Waals surface area contributed by atoms with Gasteiger partial charge >= 0.3 is 0 Å². The molecule has 0 radical (unpaired) electrons. The van der Waals surface area contributed by atoms with Crippen LogP contribution in [-0.2, 0) is 20.9 Å². The number of benzene rings is 2. The van der Waals surface area contributed by atoms with Crippen molar-refractivity contribution in [2.45, 2.75) is 32.4 Å². The van der Waals surface area contributed by atoms with Crippen LogP contribution in [0.15, 0.2) is 54.6 Å². The molecular formula is C20H21N3O3. The summed E-state index contributed by atoms with van der Waals surface area (Å²) in [6.07, 6.45) is 0.875. The molecule has 3 amide bonds. The minimum absolute atomic E-state index is 0.0130. The van der Waals surface area contributed by atoms with Gasteiger partial charge in [-0.05, 0) is 30.2 Å². The molecule has 2 N–H and O–H groups in total. The Morgan fingerprint density at radius 1 is 1.04 bits per heavy atom. The van der Waals surface area contributed by atoms with E-state index in [-0.39, 0.29) is 17.7 Å². The number of hydrogen-bond donors (Lipinski definition) is 2. The second kappa shape index (κ2) is 7.82. The van der Waals surface area contributed by atoms with Crippen LogP contribution in [0, 0.1) is 0 Å². The van der Waals surface area contributed by atoms with Gasteiger partial charge in [0.1, 0.15) is 6.04 Å². The van der Waals surface area contributed by atoms with Gasteiger partial charge in [-0.15, -0.1) is 0 Å². The summed E-state index contributed by atoms with van der Waals surface area (Å²) in [5, 5.41) is 5.53. The van der Waals surface area contributed by atoms with E-state index in [0.717, 1.165) is 5.56 Å². The second-order valence-electron chi connectivity index (χ2n) is 6.31. The molecule has 1 aliphatic rings. The molecule has 1 aliphatic heterocycles. The van der Waals surface area contributed by atoms with E-state index in [4.69, 9.17) is 0 Å². The number of carbonyl (C=O) groups is 3. The Bertz CT molecular complexity index is 820. The molecule has 1 unspecified atom stereocenters. The Labute approximate surface area is 152 Å². The van der Waals surface area contributed by atoms with Gasteiger partial charge in [0, 0.05) is 31.3 Å². The molecule has 26 heavy (non-hydrogen) atoms. The molecule has 0 bridgehead atoms. The van der Waals surface area contributed by atoms with Gasteiger partial charge in [-0.1, -0.05) is 36.4 Å². The first-order valence-electron chi connectivity index (χ1n) is 8.55. The van der Waals surface area contributed by atoms with Crippen LogP contribution in [0.25, 0.3) is 0 Å². The van der Waals surface area contributed by atoms with Crippen LogP contribution in [0.5, 0.6) is 0 Å². The summed E-state index contributed by atoms with van der Waals surface area (Å²) in [6, 6.07) is 16.1. The van der Waals surface area contributed by atoms with E-state index < -0.39 is 6.04 Å². The minimum atomic E-state index is -0.493. The summed E-state index contributed by atoms with van der Waals surface area (Å²) in [7, 11) is 0. The fraction of sp³-hybridized carbons (Fsp3) is 0.250. The Kier molecular flexibility index (Phi) is 5.31. The van der Waals surface area contributed by atoms with Crippen molar-refractivity contribution in [3.63, 3.8) is 0 Å². The van der Waals surface area contributed by atoms with E-state index >= 15 is 0 Å². The Morgan fingerprint density at radius 3 is 2.42 bits per heavy atom. The summed E-state index contributed by atoms with van der Waals surface area (Å²) in [6.45, 7) is 1.85. The van der Waals surface area contributed by atoms with Gasteiger partial charge in [0.05, 0.1) is 0 Å². The number of hydrogen-bond acceptors (Lipinski definition) is 3. The van der Waals surface area contributed by atoms with Crippen molar-refractivity contribution >= 4 is 29.1 Å². The van der Waals surface area contributed by atoms with Crippen LogP contribution < -0.4 is 10.6 Å². The third-order valence-electron chi connectivity index (χ3n) is 4.28. The smallest absolute Gasteiger partial charge is 0.247 e. The van der Waals surface area contributed by atoms with Crippen LogP contribution >= 0.6 is 0 Å². The predicted octanol–water partition coefficient (Wildman–Crippen LogP) is 2.77. The Balaban J connectivity index is 1.70. The maximum atomic E-state index is 12.7. The zero-order chi connectivity index (χ0) is 18.5. The number of nitrogens with zero attached hydrogens (tertiary/aromatic N) is 1. The average Bonchev–Trinajstić information content (AvgIpc) is 2.96. The molecule has 0 spiro atoms. The lowest BCUT2D eigenvalue weighted by Crippen LogP contribution is -2.41. The summed E-state index contributed by atoms with van der Waals surface area (Å²) in [5.74, 6) is -0.406. The Hall–Kier alpha value is -3.15. The standard InChI is InChI=1S/C20H21N3O3/c1-14(24)21-16-8-5-9-17(12-16)22-20(26)18-10-11-19(25)23(18)13-15-6-3-2-4-7-15/h2-9,12,18H,10-11,13H2,1H3,(H,21,24)(H,22,26). The molecule has 1 saturated heterocycles. The minimum Gasteiger partial charge on any atom is -0.326 e. The third-order valence-corrected chi connectivity index (χ3v) is 4.28. The molecule has 0 aliphatic carbocycles. The van der Waals surface area contributed by atoms with Gasteiger partial charge in [0.15, 0.2) is 0 Å². The van der Waals surface area contributed by atoms with Gasteiger partial charge < -0.3 is 15.5 Å². The van der Waals surface area contributed by atoms with Crippen LogP contribution in [0.2, 0.25) is 0 Å². The van der Waals surface area contributed by atoms with Gasteiger partial charge in [0.2, 0.25) is 17.7 Å². The van der Waals surface area contributed by atoms with Gasteiger partial charge in [-0.2, -0.15) is 0 Å². The van der Waals surface area contributed by atoms with Crippen LogP contribution in [0.3, 0.4) is 0 Å². The fourth-order valence-electron chi connectivity index (χ4n) is 3.09. The molecule has 1 heterocycles. The Morgan fingerprint density at radius 2 is 1.73 bits per heavy atom. The fourth-order valence-corrected chi connectivity index (χ4v) is 3.09. The molecule has 134 valence electrons. The van der Waals surface area contributed by atoms with Crippen LogP contribution in [0.4, 0.5) is 11.4 Å². The third kappa shape index (κ3) is 4.27. The first-order chi connectivity index (χ1) is 12.5. The molecule has 6 nitrogen and oxygen atoms in total. The van der Waals surface area contributed by atoms with Crippen molar-refractivity contribution in [2.24, 2.45) is 0 Å². The van der Waals surface area contributed by atoms with Crippen LogP contribution in [0.1, 0.15) is 25.3 Å². The molecule has 3 rings (SSSR count). The normalized spacial score (nSPS) is 16.4. The van der Waals surface area contributed by atoms with Crippen molar-refractivity contribution < 1.29 is 14.4 Å². The number of amides is 3. The zero-order valence-electron chi connectivity index (χ0n) is 14.6. The zero-order valence-corrected chi connectivity index (χ0v) is 14.6. The molecular weight excluding hydrogens is 330 g/mol. The largest absolute Gasteiger partial charge is 0.326 e. The van der Waals surface area contributed by atoms with Gasteiger partial charge in [0.25, 0.3) is 0 Å². The first kappa shape index (κ1) is 17.7. The van der Waals surface area contributed by atoms with Crippen molar-refractivity contribution in [3.05, 3.63) is 60.2 Å². The van der Waals surface area contributed by atoms with Crippen molar-refractivity contribution in [2.75, 3.05) is 10.6 Å². The number of carbonyl (C=O) groups excluding carboxylic acids is 3. The number of anilines is 2. The SMILES string of the molecule is CC(=O)Nc1cccc(NC(=O)C2CCC(=O)N2Cc2ccccc2)c1. The van der Waals surface area contributed by atoms with Gasteiger partial charge in [-0.25, -0.2) is 0 Å². The van der Waals surface area contributed by atoms with Crippen molar-refractivity contribution in [1.29, 1.82) is 0 Å². The lowest BCUT2D eigenvalue weighted by Gasteiger charge is -2.24. The lowest BCUT2D eigenvalue weighted by atomic mass is 10.1. The number of rotatable bonds is 5. The summed E-state index contributed by atoms with van der Waals surface area (Å²) >= 11 is 0. The number of nitrogens with one attached hydrogen (secondary N) is 2. The van der Waals surface area contributed by atoms with E-state index in [0.29, 0.717) is 30.8 Å². The second-order valence-corrected chi connectivity index (χ2v) is 6.31. The molecule has 6 heteroatoms. The summed E-state index contributed by atoms with van der Waals surface area (Å²) < 4.78 is 0. The maximum absolute atomic E-state index is 12.7. The van der Waals surface area contributed by atoms with Crippen molar-refractivity contribution in [1.82, 2.24) is 4.90 Å². The molecule has 2 aromatic carbocycles. The van der Waals surface area contributed by atoms with Crippen molar-refractivity contribution in [3.8, 4) is 0 Å². The average molecular weight is 351 g/mol.